The molecule has 0 aliphatic carbocycles. The van der Waals surface area contributed by atoms with Crippen LogP contribution < -0.4 is 4.74 Å². The van der Waals surface area contributed by atoms with Crippen LogP contribution in [0.3, 0.4) is 0 Å². The van der Waals surface area contributed by atoms with Gasteiger partial charge in [0.1, 0.15) is 0 Å². The Hall–Kier alpha value is -1.93. The molecular weight excluding hydrogens is 316 g/mol. The lowest BCUT2D eigenvalue weighted by atomic mass is 10.3. The Morgan fingerprint density at radius 3 is 2.81 bits per heavy atom. The minimum Gasteiger partial charge on any atom is -0.463 e. The summed E-state index contributed by atoms with van der Waals surface area (Å²) in [6.45, 7) is 2.40. The van der Waals surface area contributed by atoms with Gasteiger partial charge in [0.2, 0.25) is 10.4 Å². The van der Waals surface area contributed by atoms with Crippen molar-refractivity contribution in [2.75, 3.05) is 6.61 Å². The van der Waals surface area contributed by atoms with Crippen molar-refractivity contribution in [1.29, 1.82) is 0 Å². The van der Waals surface area contributed by atoms with Gasteiger partial charge in [0.15, 0.2) is 0 Å². The molecule has 0 saturated heterocycles. The maximum Gasteiger partial charge on any atom is 0.321 e. The maximum absolute atomic E-state index is 11.0. The number of halogens is 1. The van der Waals surface area contributed by atoms with Crippen molar-refractivity contribution >= 4 is 29.1 Å². The fraction of sp³-hybridized carbons (Fsp3) is 0.250. The summed E-state index contributed by atoms with van der Waals surface area (Å²) in [5.74, 6) is 0. The molecule has 0 unspecified atom stereocenters. The third-order valence-electron chi connectivity index (χ3n) is 2.27. The summed E-state index contributed by atoms with van der Waals surface area (Å²) in [7, 11) is 0. The quantitative estimate of drug-likeness (QED) is 0.593. The molecule has 21 heavy (non-hydrogen) atoms. The summed E-state index contributed by atoms with van der Waals surface area (Å²) in [4.78, 5) is 22.8. The monoisotopic (exact) mass is 326 g/mol. The largest absolute Gasteiger partial charge is 0.463 e. The van der Waals surface area contributed by atoms with Crippen LogP contribution in [0, 0.1) is 10.1 Å². The predicted octanol–water partition coefficient (Wildman–Crippen LogP) is 3.37. The summed E-state index contributed by atoms with van der Waals surface area (Å²) in [5.41, 5.74) is -0.0185. The van der Waals surface area contributed by atoms with Gasteiger partial charge < -0.3 is 4.74 Å². The van der Waals surface area contributed by atoms with Crippen molar-refractivity contribution in [3.05, 3.63) is 39.7 Å². The number of nitrogens with zero attached hydrogens (tertiary/aromatic N) is 4. The van der Waals surface area contributed by atoms with Crippen molar-refractivity contribution in [3.63, 3.8) is 0 Å². The van der Waals surface area contributed by atoms with E-state index in [0.717, 1.165) is 18.2 Å². The molecule has 2 rings (SSSR count). The molecule has 0 saturated carbocycles. The van der Waals surface area contributed by atoms with E-state index in [1.165, 1.54) is 6.07 Å². The number of benzene rings is 1. The summed E-state index contributed by atoms with van der Waals surface area (Å²) >= 11 is 6.84. The number of aromatic nitrogens is 3. The maximum atomic E-state index is 11.0. The molecule has 1 aromatic heterocycles. The normalized spacial score (nSPS) is 10.4. The highest BCUT2D eigenvalue weighted by Crippen LogP contribution is 2.33. The number of ether oxygens (including phenoxy) is 1. The minimum absolute atomic E-state index is 0.0165. The average Bonchev–Trinajstić information content (AvgIpc) is 2.45. The van der Waals surface area contributed by atoms with Crippen LogP contribution in [0.25, 0.3) is 0 Å². The second-order valence-corrected chi connectivity index (χ2v) is 5.19. The molecule has 110 valence electrons. The predicted molar refractivity (Wildman–Crippen MR) is 77.8 cm³/mol. The molecule has 2 aromatic rings. The number of nitro groups is 1. The molecule has 0 aliphatic heterocycles. The Bertz CT molecular complexity index is 656. The Balaban J connectivity index is 2.27. The van der Waals surface area contributed by atoms with Crippen LogP contribution >= 0.6 is 23.4 Å². The van der Waals surface area contributed by atoms with Crippen molar-refractivity contribution in [2.45, 2.75) is 23.4 Å². The fourth-order valence-corrected chi connectivity index (χ4v) is 2.46. The highest BCUT2D eigenvalue weighted by molar-refractivity contribution is 7.99. The number of hydrogen-bond donors (Lipinski definition) is 0. The van der Waals surface area contributed by atoms with E-state index in [4.69, 9.17) is 16.3 Å². The molecular formula is C12H11ClN4O3S. The van der Waals surface area contributed by atoms with Gasteiger partial charge in [0.25, 0.3) is 5.69 Å². The average molecular weight is 327 g/mol. The zero-order chi connectivity index (χ0) is 15.2. The van der Waals surface area contributed by atoms with Crippen LogP contribution in [0.2, 0.25) is 5.28 Å². The molecule has 0 spiro atoms. The van der Waals surface area contributed by atoms with Crippen LogP contribution in [0.5, 0.6) is 6.01 Å². The molecule has 7 nitrogen and oxygen atoms in total. The van der Waals surface area contributed by atoms with Crippen LogP contribution in [0.15, 0.2) is 34.3 Å². The van der Waals surface area contributed by atoms with Gasteiger partial charge in [-0.1, -0.05) is 19.1 Å². The van der Waals surface area contributed by atoms with E-state index in [2.05, 4.69) is 15.0 Å². The lowest BCUT2D eigenvalue weighted by molar-refractivity contribution is -0.387. The third kappa shape index (κ3) is 4.27. The van der Waals surface area contributed by atoms with E-state index in [1.807, 2.05) is 6.92 Å². The first-order valence-corrected chi connectivity index (χ1v) is 7.25. The van der Waals surface area contributed by atoms with E-state index >= 15 is 0 Å². The van der Waals surface area contributed by atoms with Gasteiger partial charge >= 0.3 is 6.01 Å². The van der Waals surface area contributed by atoms with Gasteiger partial charge in [-0.25, -0.2) is 0 Å². The van der Waals surface area contributed by atoms with Crippen LogP contribution in [0.4, 0.5) is 5.69 Å². The van der Waals surface area contributed by atoms with Gasteiger partial charge in [-0.15, -0.1) is 0 Å². The molecule has 0 fully saturated rings. The molecule has 0 aliphatic rings. The Kier molecular flexibility index (Phi) is 5.29. The van der Waals surface area contributed by atoms with Crippen molar-refractivity contribution in [2.24, 2.45) is 0 Å². The zero-order valence-corrected chi connectivity index (χ0v) is 12.6. The van der Waals surface area contributed by atoms with Gasteiger partial charge in [-0.2, -0.15) is 15.0 Å². The first-order valence-electron chi connectivity index (χ1n) is 6.05. The number of hydrogen-bond acceptors (Lipinski definition) is 7. The van der Waals surface area contributed by atoms with Crippen molar-refractivity contribution in [3.8, 4) is 6.01 Å². The number of rotatable bonds is 6. The summed E-state index contributed by atoms with van der Waals surface area (Å²) in [6, 6.07) is 6.44. The summed E-state index contributed by atoms with van der Waals surface area (Å²) in [5, 5.41) is 11.2. The molecule has 0 amide bonds. The van der Waals surface area contributed by atoms with Crippen LogP contribution in [0.1, 0.15) is 13.3 Å². The highest BCUT2D eigenvalue weighted by atomic mass is 35.5. The third-order valence-corrected chi connectivity index (χ3v) is 3.36. The summed E-state index contributed by atoms with van der Waals surface area (Å²) in [6.07, 6.45) is 0.802. The molecule has 1 heterocycles. The lowest BCUT2D eigenvalue weighted by Crippen LogP contribution is -2.02. The second kappa shape index (κ2) is 7.19. The topological polar surface area (TPSA) is 91.0 Å². The molecule has 0 radical (unpaired) electrons. The van der Waals surface area contributed by atoms with E-state index in [1.54, 1.807) is 18.2 Å². The molecule has 0 atom stereocenters. The SMILES string of the molecule is CCCOc1nc(Cl)nc(Sc2ccccc2[N+](=O)[O-])n1. The number of para-hydroxylation sites is 1. The van der Waals surface area contributed by atoms with Crippen LogP contribution in [-0.2, 0) is 0 Å². The molecule has 1 aromatic carbocycles. The first kappa shape index (κ1) is 15.5. The highest BCUT2D eigenvalue weighted by Gasteiger charge is 2.16. The zero-order valence-electron chi connectivity index (χ0n) is 11.0. The smallest absolute Gasteiger partial charge is 0.321 e. The van der Waals surface area contributed by atoms with Gasteiger partial charge in [0.05, 0.1) is 16.4 Å². The van der Waals surface area contributed by atoms with Gasteiger partial charge in [-0.3, -0.25) is 10.1 Å². The molecule has 0 N–H and O–H groups in total. The van der Waals surface area contributed by atoms with Gasteiger partial charge in [0, 0.05) is 6.07 Å². The van der Waals surface area contributed by atoms with Crippen LogP contribution in [-0.4, -0.2) is 26.5 Å². The number of nitro benzene ring substituents is 1. The standard InChI is InChI=1S/C12H11ClN4O3S/c1-2-7-20-11-14-10(13)15-12(16-11)21-9-6-4-3-5-8(9)17(18)19/h3-6H,2,7H2,1H3. The van der Waals surface area contributed by atoms with E-state index in [9.17, 15) is 10.1 Å². The lowest BCUT2D eigenvalue weighted by Gasteiger charge is -2.05. The van der Waals surface area contributed by atoms with Crippen molar-refractivity contribution in [1.82, 2.24) is 15.0 Å². The van der Waals surface area contributed by atoms with Gasteiger partial charge in [-0.05, 0) is 35.9 Å². The van der Waals surface area contributed by atoms with E-state index in [0.29, 0.717) is 11.5 Å². The fourth-order valence-electron chi connectivity index (χ4n) is 1.41. The molecule has 0 bridgehead atoms. The Morgan fingerprint density at radius 1 is 1.33 bits per heavy atom. The van der Waals surface area contributed by atoms with E-state index in [-0.39, 0.29) is 22.1 Å². The Morgan fingerprint density at radius 2 is 2.10 bits per heavy atom. The van der Waals surface area contributed by atoms with E-state index < -0.39 is 4.92 Å². The first-order chi connectivity index (χ1) is 10.1. The summed E-state index contributed by atoms with van der Waals surface area (Å²) < 4.78 is 5.30. The second-order valence-electron chi connectivity index (χ2n) is 3.84. The van der Waals surface area contributed by atoms with Crippen molar-refractivity contribution < 1.29 is 9.66 Å². The minimum atomic E-state index is -0.459. The molecule has 9 heteroatoms. The Labute approximate surface area is 129 Å².